The van der Waals surface area contributed by atoms with E-state index >= 15 is 0 Å². The SMILES string of the molecule is COCCNC(=O)C(C)Nc1cc(OC)ccc1Br. The number of halogens is 1. The summed E-state index contributed by atoms with van der Waals surface area (Å²) in [7, 11) is 3.20. The zero-order valence-electron chi connectivity index (χ0n) is 11.3. The van der Waals surface area contributed by atoms with Crippen molar-refractivity contribution in [1.29, 1.82) is 0 Å². The third-order valence-electron chi connectivity index (χ3n) is 2.54. The first-order valence-corrected chi connectivity index (χ1v) is 6.74. The molecule has 1 rings (SSSR count). The first kappa shape index (κ1) is 15.8. The second-order valence-electron chi connectivity index (χ2n) is 4.00. The van der Waals surface area contributed by atoms with Crippen LogP contribution in [0.5, 0.6) is 5.75 Å². The number of nitrogens with one attached hydrogen (secondary N) is 2. The molecule has 6 heteroatoms. The Balaban J connectivity index is 2.60. The molecule has 0 saturated heterocycles. The molecule has 2 N–H and O–H groups in total. The van der Waals surface area contributed by atoms with Crippen molar-refractivity contribution >= 4 is 27.5 Å². The van der Waals surface area contributed by atoms with Gasteiger partial charge in [-0.05, 0) is 35.0 Å². The summed E-state index contributed by atoms with van der Waals surface area (Å²) in [5, 5.41) is 5.91. The maximum Gasteiger partial charge on any atom is 0.242 e. The minimum absolute atomic E-state index is 0.0771. The zero-order valence-corrected chi connectivity index (χ0v) is 12.9. The second kappa shape index (κ2) is 8.01. The van der Waals surface area contributed by atoms with Gasteiger partial charge in [-0.1, -0.05) is 0 Å². The molecule has 0 saturated carbocycles. The molecule has 0 radical (unpaired) electrons. The first-order valence-electron chi connectivity index (χ1n) is 5.95. The smallest absolute Gasteiger partial charge is 0.242 e. The number of hydrogen-bond acceptors (Lipinski definition) is 4. The van der Waals surface area contributed by atoms with Gasteiger partial charge in [0.15, 0.2) is 0 Å². The Kier molecular flexibility index (Phi) is 6.66. The number of carbonyl (C=O) groups excluding carboxylic acids is 1. The maximum absolute atomic E-state index is 11.8. The van der Waals surface area contributed by atoms with Crippen LogP contribution in [0.3, 0.4) is 0 Å². The van der Waals surface area contributed by atoms with Crippen LogP contribution in [0.15, 0.2) is 22.7 Å². The van der Waals surface area contributed by atoms with E-state index in [4.69, 9.17) is 9.47 Å². The van der Waals surface area contributed by atoms with Crippen molar-refractivity contribution < 1.29 is 14.3 Å². The van der Waals surface area contributed by atoms with Gasteiger partial charge in [0, 0.05) is 24.2 Å². The van der Waals surface area contributed by atoms with E-state index in [0.717, 1.165) is 15.9 Å². The molecule has 0 aliphatic rings. The van der Waals surface area contributed by atoms with Crippen molar-refractivity contribution in [2.24, 2.45) is 0 Å². The number of rotatable bonds is 7. The van der Waals surface area contributed by atoms with Crippen molar-refractivity contribution in [2.45, 2.75) is 13.0 Å². The van der Waals surface area contributed by atoms with Crippen molar-refractivity contribution in [3.63, 3.8) is 0 Å². The lowest BCUT2D eigenvalue weighted by atomic mass is 10.2. The van der Waals surface area contributed by atoms with Gasteiger partial charge in [0.1, 0.15) is 11.8 Å². The Bertz CT molecular complexity index is 426. The topological polar surface area (TPSA) is 59.6 Å². The monoisotopic (exact) mass is 330 g/mol. The molecule has 1 amide bonds. The summed E-state index contributed by atoms with van der Waals surface area (Å²) in [5.41, 5.74) is 0.814. The Morgan fingerprint density at radius 3 is 2.79 bits per heavy atom. The average molecular weight is 331 g/mol. The molecular formula is C13H19BrN2O3. The summed E-state index contributed by atoms with van der Waals surface area (Å²) in [6, 6.07) is 5.21. The van der Waals surface area contributed by atoms with Gasteiger partial charge in [0.2, 0.25) is 5.91 Å². The highest BCUT2D eigenvalue weighted by atomic mass is 79.9. The Morgan fingerprint density at radius 1 is 1.42 bits per heavy atom. The fraction of sp³-hybridized carbons (Fsp3) is 0.462. The van der Waals surface area contributed by atoms with Crippen LogP contribution in [0.25, 0.3) is 0 Å². The minimum atomic E-state index is -0.347. The largest absolute Gasteiger partial charge is 0.497 e. The number of anilines is 1. The predicted molar refractivity (Wildman–Crippen MR) is 78.7 cm³/mol. The van der Waals surface area contributed by atoms with E-state index in [2.05, 4.69) is 26.6 Å². The molecular weight excluding hydrogens is 312 g/mol. The van der Waals surface area contributed by atoms with E-state index in [9.17, 15) is 4.79 Å². The number of benzene rings is 1. The number of methoxy groups -OCH3 is 2. The van der Waals surface area contributed by atoms with E-state index in [0.29, 0.717) is 13.2 Å². The van der Waals surface area contributed by atoms with Crippen LogP contribution in [-0.2, 0) is 9.53 Å². The maximum atomic E-state index is 11.8. The molecule has 1 unspecified atom stereocenters. The van der Waals surface area contributed by atoms with E-state index < -0.39 is 0 Å². The minimum Gasteiger partial charge on any atom is -0.497 e. The molecule has 0 fully saturated rings. The van der Waals surface area contributed by atoms with E-state index in [-0.39, 0.29) is 11.9 Å². The van der Waals surface area contributed by atoms with Gasteiger partial charge in [0.05, 0.1) is 19.4 Å². The van der Waals surface area contributed by atoms with E-state index in [1.54, 1.807) is 21.1 Å². The van der Waals surface area contributed by atoms with Crippen LogP contribution in [0.4, 0.5) is 5.69 Å². The van der Waals surface area contributed by atoms with Gasteiger partial charge < -0.3 is 20.1 Å². The van der Waals surface area contributed by atoms with Crippen LogP contribution < -0.4 is 15.4 Å². The fourth-order valence-corrected chi connectivity index (χ4v) is 1.83. The van der Waals surface area contributed by atoms with Crippen molar-refractivity contribution in [3.8, 4) is 5.75 Å². The fourth-order valence-electron chi connectivity index (χ4n) is 1.47. The van der Waals surface area contributed by atoms with Gasteiger partial charge in [-0.2, -0.15) is 0 Å². The Morgan fingerprint density at radius 2 is 2.16 bits per heavy atom. The summed E-state index contributed by atoms with van der Waals surface area (Å²) >= 11 is 3.43. The number of amides is 1. The highest BCUT2D eigenvalue weighted by Gasteiger charge is 2.13. The lowest BCUT2D eigenvalue weighted by Gasteiger charge is -2.17. The van der Waals surface area contributed by atoms with Gasteiger partial charge in [-0.3, -0.25) is 4.79 Å². The molecule has 5 nitrogen and oxygen atoms in total. The lowest BCUT2D eigenvalue weighted by molar-refractivity contribution is -0.121. The van der Waals surface area contributed by atoms with Gasteiger partial charge >= 0.3 is 0 Å². The highest BCUT2D eigenvalue weighted by Crippen LogP contribution is 2.27. The van der Waals surface area contributed by atoms with Gasteiger partial charge in [0.25, 0.3) is 0 Å². The van der Waals surface area contributed by atoms with E-state index in [1.807, 2.05) is 18.2 Å². The van der Waals surface area contributed by atoms with Gasteiger partial charge in [-0.25, -0.2) is 0 Å². The third kappa shape index (κ3) is 5.08. The molecule has 1 aromatic carbocycles. The predicted octanol–water partition coefficient (Wildman–Crippen LogP) is 2.02. The summed E-state index contributed by atoms with van der Waals surface area (Å²) in [6.45, 7) is 2.80. The third-order valence-corrected chi connectivity index (χ3v) is 3.24. The van der Waals surface area contributed by atoms with Crippen molar-refractivity contribution in [3.05, 3.63) is 22.7 Å². The number of hydrogen-bond donors (Lipinski definition) is 2. The van der Waals surface area contributed by atoms with Crippen LogP contribution in [0.2, 0.25) is 0 Å². The van der Waals surface area contributed by atoms with Crippen LogP contribution >= 0.6 is 15.9 Å². The Hall–Kier alpha value is -1.27. The van der Waals surface area contributed by atoms with E-state index in [1.165, 1.54) is 0 Å². The zero-order chi connectivity index (χ0) is 14.3. The lowest BCUT2D eigenvalue weighted by Crippen LogP contribution is -2.39. The molecule has 1 aromatic rings. The number of carbonyl (C=O) groups is 1. The molecule has 106 valence electrons. The summed E-state index contributed by atoms with van der Waals surface area (Å²) < 4.78 is 10.9. The Labute approximate surface area is 121 Å². The molecule has 19 heavy (non-hydrogen) atoms. The number of ether oxygens (including phenoxy) is 2. The van der Waals surface area contributed by atoms with Crippen LogP contribution in [-0.4, -0.2) is 39.3 Å². The van der Waals surface area contributed by atoms with Crippen LogP contribution in [0.1, 0.15) is 6.92 Å². The standard InChI is InChI=1S/C13H19BrN2O3/c1-9(13(17)15-6-7-18-2)16-12-8-10(19-3)4-5-11(12)14/h4-5,8-9,16H,6-7H2,1-3H3,(H,15,17). The molecule has 0 spiro atoms. The highest BCUT2D eigenvalue weighted by molar-refractivity contribution is 9.10. The molecule has 0 aliphatic heterocycles. The van der Waals surface area contributed by atoms with Crippen molar-refractivity contribution in [2.75, 3.05) is 32.7 Å². The molecule has 1 atom stereocenters. The van der Waals surface area contributed by atoms with Crippen LogP contribution in [0, 0.1) is 0 Å². The molecule has 0 bridgehead atoms. The second-order valence-corrected chi connectivity index (χ2v) is 4.85. The molecule has 0 heterocycles. The van der Waals surface area contributed by atoms with Crippen molar-refractivity contribution in [1.82, 2.24) is 5.32 Å². The average Bonchev–Trinajstić information content (AvgIpc) is 2.41. The summed E-state index contributed by atoms with van der Waals surface area (Å²) in [5.74, 6) is 0.657. The summed E-state index contributed by atoms with van der Waals surface area (Å²) in [4.78, 5) is 11.8. The normalized spacial score (nSPS) is 11.8. The first-order chi connectivity index (χ1) is 9.08. The molecule has 0 aliphatic carbocycles. The quantitative estimate of drug-likeness (QED) is 0.751. The van der Waals surface area contributed by atoms with Gasteiger partial charge in [-0.15, -0.1) is 0 Å². The summed E-state index contributed by atoms with van der Waals surface area (Å²) in [6.07, 6.45) is 0. The molecule has 0 aromatic heterocycles.